The lowest BCUT2D eigenvalue weighted by Gasteiger charge is -2.31. The number of hydrazine groups is 1. The number of carbonyl (C=O) groups is 1. The van der Waals surface area contributed by atoms with Crippen LogP contribution < -0.4 is 16.0 Å². The number of nitrogens with one attached hydrogen (secondary N) is 1. The van der Waals surface area contributed by atoms with E-state index in [2.05, 4.69) is 5.43 Å². The molecule has 0 aromatic heterocycles. The van der Waals surface area contributed by atoms with Crippen LogP contribution in [0, 0.1) is 12.8 Å². The molecule has 128 valence electrons. The molecule has 23 heavy (non-hydrogen) atoms. The topological polar surface area (TPSA) is 102 Å². The van der Waals surface area contributed by atoms with Crippen molar-refractivity contribution in [2.45, 2.75) is 31.6 Å². The number of ether oxygens (including phenoxy) is 1. The summed E-state index contributed by atoms with van der Waals surface area (Å²) in [5, 5.41) is 0. The first-order chi connectivity index (χ1) is 10.9. The van der Waals surface area contributed by atoms with E-state index < -0.39 is 15.9 Å². The maximum absolute atomic E-state index is 12.8. The van der Waals surface area contributed by atoms with Gasteiger partial charge >= 0.3 is 0 Å². The molecule has 1 fully saturated rings. The van der Waals surface area contributed by atoms with Gasteiger partial charge in [0.1, 0.15) is 5.75 Å². The van der Waals surface area contributed by atoms with E-state index in [1.165, 1.54) is 4.31 Å². The molecule has 1 heterocycles. The summed E-state index contributed by atoms with van der Waals surface area (Å²) >= 11 is 0. The van der Waals surface area contributed by atoms with Crippen LogP contribution in [0.15, 0.2) is 23.1 Å². The number of rotatable bonds is 5. The molecular weight excluding hydrogens is 318 g/mol. The maximum Gasteiger partial charge on any atom is 0.243 e. The third-order valence-electron chi connectivity index (χ3n) is 3.98. The number of nitrogens with zero attached hydrogens (tertiary/aromatic N) is 1. The third-order valence-corrected chi connectivity index (χ3v) is 5.84. The minimum Gasteiger partial charge on any atom is -0.494 e. The van der Waals surface area contributed by atoms with Gasteiger partial charge in [0.15, 0.2) is 0 Å². The monoisotopic (exact) mass is 341 g/mol. The van der Waals surface area contributed by atoms with Crippen LogP contribution in [0.25, 0.3) is 0 Å². The van der Waals surface area contributed by atoms with Crippen LogP contribution in [0.1, 0.15) is 25.3 Å². The number of hydrogen-bond donors (Lipinski definition) is 2. The summed E-state index contributed by atoms with van der Waals surface area (Å²) in [4.78, 5) is 11.9. The second-order valence-corrected chi connectivity index (χ2v) is 7.51. The van der Waals surface area contributed by atoms with Gasteiger partial charge in [-0.05, 0) is 50.5 Å². The van der Waals surface area contributed by atoms with E-state index in [4.69, 9.17) is 10.6 Å². The van der Waals surface area contributed by atoms with Gasteiger partial charge in [-0.25, -0.2) is 14.3 Å². The van der Waals surface area contributed by atoms with Gasteiger partial charge in [0.25, 0.3) is 0 Å². The SMILES string of the molecule is CCOc1ccc(S(=O)(=O)N2CCC[C@@H](C(=O)NN)C2)cc1C. The summed E-state index contributed by atoms with van der Waals surface area (Å²) in [5.74, 6) is 5.09. The Balaban J connectivity index is 2.24. The molecule has 0 spiro atoms. The molecule has 3 N–H and O–H groups in total. The van der Waals surface area contributed by atoms with Crippen molar-refractivity contribution >= 4 is 15.9 Å². The van der Waals surface area contributed by atoms with Crippen LogP contribution in [0.2, 0.25) is 0 Å². The lowest BCUT2D eigenvalue weighted by atomic mass is 9.99. The average Bonchev–Trinajstić information content (AvgIpc) is 2.56. The lowest BCUT2D eigenvalue weighted by Crippen LogP contribution is -2.46. The highest BCUT2D eigenvalue weighted by Crippen LogP contribution is 2.27. The Morgan fingerprint density at radius 1 is 1.48 bits per heavy atom. The van der Waals surface area contributed by atoms with Crippen molar-refractivity contribution in [1.29, 1.82) is 0 Å². The van der Waals surface area contributed by atoms with Crippen LogP contribution in [0.3, 0.4) is 0 Å². The summed E-state index contributed by atoms with van der Waals surface area (Å²) in [6.45, 7) is 4.76. The molecule has 1 aromatic carbocycles. The number of piperidine rings is 1. The van der Waals surface area contributed by atoms with Crippen LogP contribution in [0.5, 0.6) is 5.75 Å². The Bertz CT molecular complexity index is 675. The fourth-order valence-electron chi connectivity index (χ4n) is 2.74. The summed E-state index contributed by atoms with van der Waals surface area (Å²) in [6.07, 6.45) is 1.27. The van der Waals surface area contributed by atoms with Crippen molar-refractivity contribution in [2.75, 3.05) is 19.7 Å². The van der Waals surface area contributed by atoms with Crippen molar-refractivity contribution in [1.82, 2.24) is 9.73 Å². The molecule has 0 bridgehead atoms. The highest BCUT2D eigenvalue weighted by atomic mass is 32.2. The van der Waals surface area contributed by atoms with Crippen molar-refractivity contribution in [3.63, 3.8) is 0 Å². The van der Waals surface area contributed by atoms with Gasteiger partial charge in [-0.3, -0.25) is 10.2 Å². The molecule has 0 unspecified atom stereocenters. The molecule has 1 atom stereocenters. The first-order valence-electron chi connectivity index (χ1n) is 7.64. The molecule has 0 aliphatic carbocycles. The normalized spacial score (nSPS) is 19.3. The fraction of sp³-hybridized carbons (Fsp3) is 0.533. The Morgan fingerprint density at radius 2 is 2.22 bits per heavy atom. The highest BCUT2D eigenvalue weighted by Gasteiger charge is 2.33. The van der Waals surface area contributed by atoms with E-state index in [1.807, 2.05) is 13.8 Å². The molecule has 1 saturated heterocycles. The van der Waals surface area contributed by atoms with Gasteiger partial charge in [-0.15, -0.1) is 0 Å². The van der Waals surface area contributed by atoms with Gasteiger partial charge in [0, 0.05) is 13.1 Å². The van der Waals surface area contributed by atoms with Gasteiger partial charge in [0.2, 0.25) is 15.9 Å². The number of amides is 1. The van der Waals surface area contributed by atoms with Crippen LogP contribution in [-0.4, -0.2) is 38.3 Å². The second kappa shape index (κ2) is 7.29. The number of hydrogen-bond acceptors (Lipinski definition) is 5. The highest BCUT2D eigenvalue weighted by molar-refractivity contribution is 7.89. The number of nitrogens with two attached hydrogens (primary N) is 1. The maximum atomic E-state index is 12.8. The molecule has 8 heteroatoms. The van der Waals surface area contributed by atoms with Gasteiger partial charge in [0.05, 0.1) is 17.4 Å². The van der Waals surface area contributed by atoms with Crippen LogP contribution in [-0.2, 0) is 14.8 Å². The third kappa shape index (κ3) is 3.82. The van der Waals surface area contributed by atoms with E-state index in [9.17, 15) is 13.2 Å². The molecule has 1 aliphatic rings. The standard InChI is InChI=1S/C15H23N3O4S/c1-3-22-14-7-6-13(9-11(14)2)23(20,21)18-8-4-5-12(10-18)15(19)17-16/h6-7,9,12H,3-5,8,10,16H2,1-2H3,(H,17,19)/t12-/m1/s1. The largest absolute Gasteiger partial charge is 0.494 e. The van der Waals surface area contributed by atoms with Crippen molar-refractivity contribution in [2.24, 2.45) is 11.8 Å². The summed E-state index contributed by atoms with van der Waals surface area (Å²) < 4.78 is 32.4. The summed E-state index contributed by atoms with van der Waals surface area (Å²) in [7, 11) is -3.63. The summed E-state index contributed by atoms with van der Waals surface area (Å²) in [5.41, 5.74) is 2.87. The Hall–Kier alpha value is -1.64. The zero-order valence-corrected chi connectivity index (χ0v) is 14.2. The second-order valence-electron chi connectivity index (χ2n) is 5.57. The minimum absolute atomic E-state index is 0.150. The average molecular weight is 341 g/mol. The zero-order chi connectivity index (χ0) is 17.0. The first kappa shape index (κ1) is 17.7. The van der Waals surface area contributed by atoms with Gasteiger partial charge in [-0.1, -0.05) is 0 Å². The van der Waals surface area contributed by atoms with Gasteiger partial charge in [-0.2, -0.15) is 4.31 Å². The number of sulfonamides is 1. The molecule has 7 nitrogen and oxygen atoms in total. The molecule has 1 aliphatic heterocycles. The van der Waals surface area contributed by atoms with Crippen molar-refractivity contribution < 1.29 is 17.9 Å². The lowest BCUT2D eigenvalue weighted by molar-refractivity contribution is -0.126. The van der Waals surface area contributed by atoms with Crippen molar-refractivity contribution in [3.8, 4) is 5.75 Å². The van der Waals surface area contributed by atoms with Crippen LogP contribution >= 0.6 is 0 Å². The quantitative estimate of drug-likeness (QED) is 0.468. The van der Waals surface area contributed by atoms with E-state index in [0.29, 0.717) is 31.7 Å². The number of benzene rings is 1. The predicted molar refractivity (Wildman–Crippen MR) is 86.2 cm³/mol. The predicted octanol–water partition coefficient (Wildman–Crippen LogP) is 0.784. The smallest absolute Gasteiger partial charge is 0.243 e. The Kier molecular flexibility index (Phi) is 5.61. The fourth-order valence-corrected chi connectivity index (χ4v) is 4.35. The van der Waals surface area contributed by atoms with Crippen molar-refractivity contribution in [3.05, 3.63) is 23.8 Å². The molecule has 2 rings (SSSR count). The van der Waals surface area contributed by atoms with E-state index in [-0.39, 0.29) is 17.3 Å². The molecule has 0 saturated carbocycles. The molecule has 0 radical (unpaired) electrons. The van der Waals surface area contributed by atoms with Crippen LogP contribution in [0.4, 0.5) is 0 Å². The minimum atomic E-state index is -3.63. The number of carbonyl (C=O) groups excluding carboxylic acids is 1. The molecular formula is C15H23N3O4S. The van der Waals surface area contributed by atoms with Gasteiger partial charge < -0.3 is 4.74 Å². The molecule has 1 amide bonds. The zero-order valence-electron chi connectivity index (χ0n) is 13.4. The number of aryl methyl sites for hydroxylation is 1. The van der Waals surface area contributed by atoms with E-state index in [0.717, 1.165) is 5.56 Å². The van der Waals surface area contributed by atoms with E-state index in [1.54, 1.807) is 18.2 Å². The molecule has 1 aromatic rings. The van der Waals surface area contributed by atoms with E-state index >= 15 is 0 Å². The Morgan fingerprint density at radius 3 is 2.83 bits per heavy atom. The summed E-state index contributed by atoms with van der Waals surface area (Å²) in [6, 6.07) is 4.81. The Labute approximate surface area is 136 Å². The first-order valence-corrected chi connectivity index (χ1v) is 9.08.